The molecule has 0 bridgehead atoms. The first-order valence-corrected chi connectivity index (χ1v) is 9.21. The summed E-state index contributed by atoms with van der Waals surface area (Å²) in [5, 5.41) is 11.6. The minimum atomic E-state index is -0.197. The largest absolute Gasteiger partial charge is 0.336 e. The number of rotatable bonds is 4. The highest BCUT2D eigenvalue weighted by molar-refractivity contribution is 7.99. The van der Waals surface area contributed by atoms with Crippen LogP contribution in [0.2, 0.25) is 0 Å². The van der Waals surface area contributed by atoms with Crippen molar-refractivity contribution in [1.82, 2.24) is 14.9 Å². The topological polar surface area (TPSA) is 85.8 Å². The Hall–Kier alpha value is -2.02. The Bertz CT molecular complexity index is 738. The summed E-state index contributed by atoms with van der Waals surface area (Å²) in [6.45, 7) is 12.5. The van der Waals surface area contributed by atoms with Gasteiger partial charge in [0.1, 0.15) is 0 Å². The smallest absolute Gasteiger partial charge is 0.234 e. The molecule has 7 heteroatoms. The fourth-order valence-electron chi connectivity index (χ4n) is 2.27. The molecule has 1 heterocycles. The molecule has 3 N–H and O–H groups in total. The van der Waals surface area contributed by atoms with Gasteiger partial charge < -0.3 is 11.2 Å². The maximum atomic E-state index is 12.2. The number of nitrogens with zero attached hydrogens (tertiary/aromatic N) is 3. The summed E-state index contributed by atoms with van der Waals surface area (Å²) in [7, 11) is 0. The van der Waals surface area contributed by atoms with Crippen LogP contribution in [0, 0.1) is 0 Å². The first-order valence-electron chi connectivity index (χ1n) is 8.22. The molecule has 2 rings (SSSR count). The molecule has 1 amide bonds. The van der Waals surface area contributed by atoms with Crippen molar-refractivity contribution in [2.24, 2.45) is 0 Å². The maximum absolute atomic E-state index is 12.2. The zero-order valence-corrected chi connectivity index (χ0v) is 16.6. The lowest BCUT2D eigenvalue weighted by Crippen LogP contribution is -2.24. The molecule has 6 nitrogen and oxygen atoms in total. The highest BCUT2D eigenvalue weighted by atomic mass is 32.2. The van der Waals surface area contributed by atoms with Crippen molar-refractivity contribution >= 4 is 23.4 Å². The number of benzene rings is 1. The summed E-state index contributed by atoms with van der Waals surface area (Å²) in [5.74, 6) is 6.83. The summed E-state index contributed by atoms with van der Waals surface area (Å²) >= 11 is 1.27. The van der Waals surface area contributed by atoms with Crippen molar-refractivity contribution < 1.29 is 4.79 Å². The van der Waals surface area contributed by atoms with Crippen molar-refractivity contribution in [2.45, 2.75) is 57.5 Å². The predicted molar refractivity (Wildman–Crippen MR) is 103 cm³/mol. The second-order valence-corrected chi connectivity index (χ2v) is 9.03. The van der Waals surface area contributed by atoms with E-state index in [4.69, 9.17) is 5.84 Å². The van der Waals surface area contributed by atoms with Gasteiger partial charge in [0.2, 0.25) is 11.1 Å². The van der Waals surface area contributed by atoms with Crippen LogP contribution < -0.4 is 11.2 Å². The molecule has 0 atom stereocenters. The van der Waals surface area contributed by atoms with E-state index in [1.165, 1.54) is 22.0 Å². The number of anilines is 1. The van der Waals surface area contributed by atoms with Gasteiger partial charge in [0, 0.05) is 11.1 Å². The number of aromatic nitrogens is 3. The monoisotopic (exact) mass is 361 g/mol. The highest BCUT2D eigenvalue weighted by Gasteiger charge is 2.23. The molecule has 1 aromatic heterocycles. The van der Waals surface area contributed by atoms with E-state index >= 15 is 0 Å². The Balaban J connectivity index is 1.94. The molecule has 0 saturated carbocycles. The third-order valence-electron chi connectivity index (χ3n) is 3.70. The molecule has 0 aliphatic heterocycles. The van der Waals surface area contributed by atoms with Crippen LogP contribution in [-0.2, 0) is 15.6 Å². The molecule has 0 saturated heterocycles. The summed E-state index contributed by atoms with van der Waals surface area (Å²) in [5.41, 5.74) is 1.90. The summed E-state index contributed by atoms with van der Waals surface area (Å²) < 4.78 is 1.45. The first kappa shape index (κ1) is 19.3. The van der Waals surface area contributed by atoms with Gasteiger partial charge in [-0.15, -0.1) is 10.2 Å². The van der Waals surface area contributed by atoms with Crippen LogP contribution >= 0.6 is 11.8 Å². The van der Waals surface area contributed by atoms with Gasteiger partial charge in [0.25, 0.3) is 0 Å². The number of amides is 1. The summed E-state index contributed by atoms with van der Waals surface area (Å²) in [4.78, 5) is 12.2. The fraction of sp³-hybridized carbons (Fsp3) is 0.500. The molecule has 2 aromatic rings. The zero-order chi connectivity index (χ0) is 18.8. The number of nitrogens with two attached hydrogens (primary N) is 1. The Labute approximate surface area is 153 Å². The first-order chi connectivity index (χ1) is 11.5. The molecule has 1 aromatic carbocycles. The lowest BCUT2D eigenvalue weighted by molar-refractivity contribution is -0.113. The van der Waals surface area contributed by atoms with E-state index < -0.39 is 0 Å². The van der Waals surface area contributed by atoms with Crippen LogP contribution in [0.5, 0.6) is 0 Å². The summed E-state index contributed by atoms with van der Waals surface area (Å²) in [6, 6.07) is 7.92. The van der Waals surface area contributed by atoms with E-state index in [2.05, 4.69) is 36.3 Å². The van der Waals surface area contributed by atoms with Gasteiger partial charge in [-0.25, -0.2) is 4.68 Å². The Morgan fingerprint density at radius 2 is 1.68 bits per heavy atom. The molecule has 0 fully saturated rings. The lowest BCUT2D eigenvalue weighted by Gasteiger charge is -2.19. The minimum absolute atomic E-state index is 0.0916. The Morgan fingerprint density at radius 1 is 1.08 bits per heavy atom. The Kier molecular flexibility index (Phi) is 5.46. The SMILES string of the molecule is CC(C)(C)c1ccc(NC(=O)CSc2nnc(C(C)(C)C)n2N)cc1. The van der Waals surface area contributed by atoms with E-state index in [1.54, 1.807) is 0 Å². The van der Waals surface area contributed by atoms with Crippen LogP contribution in [-0.4, -0.2) is 26.5 Å². The van der Waals surface area contributed by atoms with Gasteiger partial charge in [-0.05, 0) is 23.1 Å². The predicted octanol–water partition coefficient (Wildman–Crippen LogP) is 3.32. The van der Waals surface area contributed by atoms with Crippen molar-refractivity contribution in [3.05, 3.63) is 35.7 Å². The van der Waals surface area contributed by atoms with Gasteiger partial charge in [-0.2, -0.15) is 0 Å². The summed E-state index contributed by atoms with van der Waals surface area (Å²) in [6.07, 6.45) is 0. The molecule has 0 spiro atoms. The van der Waals surface area contributed by atoms with Gasteiger partial charge in [0.15, 0.2) is 5.82 Å². The number of nitrogen functional groups attached to an aromatic ring is 1. The highest BCUT2D eigenvalue weighted by Crippen LogP contribution is 2.25. The van der Waals surface area contributed by atoms with Crippen molar-refractivity contribution in [2.75, 3.05) is 16.9 Å². The molecule has 0 aliphatic carbocycles. The maximum Gasteiger partial charge on any atom is 0.234 e. The van der Waals surface area contributed by atoms with E-state index in [1.807, 2.05) is 45.0 Å². The van der Waals surface area contributed by atoms with Crippen molar-refractivity contribution in [3.8, 4) is 0 Å². The molecular formula is C18H27N5OS. The standard InChI is InChI=1S/C18H27N5OS/c1-17(2,3)12-7-9-13(10-8-12)20-14(24)11-25-16-22-21-15(23(16)19)18(4,5)6/h7-10H,11,19H2,1-6H3,(H,20,24). The fourth-order valence-corrected chi connectivity index (χ4v) is 2.92. The van der Waals surface area contributed by atoms with Crippen LogP contribution in [0.4, 0.5) is 5.69 Å². The molecule has 136 valence electrons. The average molecular weight is 362 g/mol. The quantitative estimate of drug-likeness (QED) is 0.644. The van der Waals surface area contributed by atoms with Crippen LogP contribution in [0.25, 0.3) is 0 Å². The van der Waals surface area contributed by atoms with Crippen molar-refractivity contribution in [3.63, 3.8) is 0 Å². The van der Waals surface area contributed by atoms with E-state index in [9.17, 15) is 4.79 Å². The molecule has 0 radical (unpaired) electrons. The molecule has 0 aliphatic rings. The van der Waals surface area contributed by atoms with E-state index in [0.29, 0.717) is 11.0 Å². The zero-order valence-electron chi connectivity index (χ0n) is 15.8. The van der Waals surface area contributed by atoms with Crippen molar-refractivity contribution in [1.29, 1.82) is 0 Å². The third kappa shape index (κ3) is 4.98. The van der Waals surface area contributed by atoms with Gasteiger partial charge >= 0.3 is 0 Å². The normalized spacial score (nSPS) is 12.2. The number of thioether (sulfide) groups is 1. The lowest BCUT2D eigenvalue weighted by atomic mass is 9.87. The van der Waals surface area contributed by atoms with E-state index in [-0.39, 0.29) is 22.5 Å². The van der Waals surface area contributed by atoms with Crippen LogP contribution in [0.1, 0.15) is 52.9 Å². The van der Waals surface area contributed by atoms with Gasteiger partial charge in [0.05, 0.1) is 5.75 Å². The average Bonchev–Trinajstić information content (AvgIpc) is 2.86. The van der Waals surface area contributed by atoms with E-state index in [0.717, 1.165) is 5.69 Å². The second kappa shape index (κ2) is 7.07. The number of hydrogen-bond acceptors (Lipinski definition) is 5. The van der Waals surface area contributed by atoms with Gasteiger partial charge in [-0.3, -0.25) is 4.79 Å². The second-order valence-electron chi connectivity index (χ2n) is 8.09. The van der Waals surface area contributed by atoms with Crippen LogP contribution in [0.15, 0.2) is 29.4 Å². The Morgan fingerprint density at radius 3 is 2.16 bits per heavy atom. The third-order valence-corrected chi connectivity index (χ3v) is 4.65. The molecule has 0 unspecified atom stereocenters. The number of carbonyl (C=O) groups excluding carboxylic acids is 1. The molecule has 25 heavy (non-hydrogen) atoms. The number of carbonyl (C=O) groups is 1. The number of hydrogen-bond donors (Lipinski definition) is 2. The molecular weight excluding hydrogens is 334 g/mol. The minimum Gasteiger partial charge on any atom is -0.336 e. The van der Waals surface area contributed by atoms with Gasteiger partial charge in [-0.1, -0.05) is 65.4 Å². The van der Waals surface area contributed by atoms with Crippen LogP contribution in [0.3, 0.4) is 0 Å². The number of nitrogens with one attached hydrogen (secondary N) is 1.